The zero-order valence-electron chi connectivity index (χ0n) is 15.9. The van der Waals surface area contributed by atoms with E-state index in [1.165, 1.54) is 25.7 Å². The Kier molecular flexibility index (Phi) is 10.1. The fourth-order valence-corrected chi connectivity index (χ4v) is 2.95. The molecule has 0 atom stereocenters. The molecule has 0 amide bonds. The third-order valence-corrected chi connectivity index (χ3v) is 4.40. The van der Waals surface area contributed by atoms with E-state index < -0.39 is 0 Å². The van der Waals surface area contributed by atoms with Gasteiger partial charge < -0.3 is 10.5 Å². The molecule has 0 aromatic heterocycles. The molecule has 0 saturated carbocycles. The minimum Gasteiger partial charge on any atom is -0.461 e. The second-order valence-corrected chi connectivity index (χ2v) is 6.47. The maximum atomic E-state index is 12.5. The number of rotatable bonds is 10. The molecule has 0 unspecified atom stereocenters. The topological polar surface area (TPSA) is 55.6 Å². The van der Waals surface area contributed by atoms with Crippen molar-refractivity contribution in [1.82, 2.24) is 4.90 Å². The van der Waals surface area contributed by atoms with Crippen LogP contribution in [0.2, 0.25) is 0 Å². The van der Waals surface area contributed by atoms with Crippen LogP contribution in [0.3, 0.4) is 0 Å². The average molecular weight is 379 g/mol. The molecule has 0 aliphatic heterocycles. The van der Waals surface area contributed by atoms with Crippen LogP contribution in [-0.2, 0) is 4.74 Å². The molecule has 0 bridgehead atoms. The molecule has 0 spiro atoms. The Morgan fingerprint density at radius 1 is 1.04 bits per heavy atom. The number of hydrogen-bond acceptors (Lipinski definition) is 4. The first-order valence-electron chi connectivity index (χ1n) is 9.33. The van der Waals surface area contributed by atoms with Gasteiger partial charge in [-0.25, -0.2) is 4.79 Å². The molecule has 2 aromatic carbocycles. The fourth-order valence-electron chi connectivity index (χ4n) is 2.95. The normalized spacial score (nSPS) is 10.7. The molecule has 26 heavy (non-hydrogen) atoms. The van der Waals surface area contributed by atoms with Crippen molar-refractivity contribution in [1.29, 1.82) is 0 Å². The summed E-state index contributed by atoms with van der Waals surface area (Å²) >= 11 is 0. The fraction of sp³-hybridized carbons (Fsp3) is 0.476. The Bertz CT molecular complexity index is 683. The molecule has 0 fully saturated rings. The lowest BCUT2D eigenvalue weighted by atomic mass is 10.0. The van der Waals surface area contributed by atoms with Crippen LogP contribution in [0.5, 0.6) is 0 Å². The second kappa shape index (κ2) is 11.8. The second-order valence-electron chi connectivity index (χ2n) is 6.47. The average Bonchev–Trinajstić information content (AvgIpc) is 2.62. The van der Waals surface area contributed by atoms with E-state index in [9.17, 15) is 4.79 Å². The zero-order valence-corrected chi connectivity index (χ0v) is 16.7. The first kappa shape index (κ1) is 22.3. The summed E-state index contributed by atoms with van der Waals surface area (Å²) in [6.45, 7) is 7.72. The van der Waals surface area contributed by atoms with E-state index in [4.69, 9.17) is 10.5 Å². The van der Waals surface area contributed by atoms with E-state index in [1.807, 2.05) is 30.3 Å². The lowest BCUT2D eigenvalue weighted by molar-refractivity contribution is 0.0462. The number of ether oxygens (including phenoxy) is 1. The Morgan fingerprint density at radius 2 is 1.69 bits per heavy atom. The quantitative estimate of drug-likeness (QED) is 0.471. The van der Waals surface area contributed by atoms with Gasteiger partial charge in [-0.1, -0.05) is 51.0 Å². The van der Waals surface area contributed by atoms with Gasteiger partial charge in [-0.2, -0.15) is 0 Å². The third-order valence-electron chi connectivity index (χ3n) is 4.40. The van der Waals surface area contributed by atoms with E-state index in [0.717, 1.165) is 30.4 Å². The van der Waals surface area contributed by atoms with Crippen molar-refractivity contribution in [3.63, 3.8) is 0 Å². The van der Waals surface area contributed by atoms with Gasteiger partial charge >= 0.3 is 5.97 Å². The molecule has 4 nitrogen and oxygen atoms in total. The summed E-state index contributed by atoms with van der Waals surface area (Å²) in [4.78, 5) is 14.9. The molecule has 2 rings (SSSR count). The van der Waals surface area contributed by atoms with Crippen molar-refractivity contribution in [3.05, 3.63) is 42.0 Å². The number of nitrogen functional groups attached to an aromatic ring is 1. The van der Waals surface area contributed by atoms with Crippen molar-refractivity contribution in [2.45, 2.75) is 39.5 Å². The summed E-state index contributed by atoms with van der Waals surface area (Å²) < 4.78 is 5.55. The van der Waals surface area contributed by atoms with E-state index in [2.05, 4.69) is 18.7 Å². The highest BCUT2D eigenvalue weighted by molar-refractivity contribution is 6.05. The number of hydrogen-bond donors (Lipinski definition) is 1. The minimum atomic E-state index is -0.297. The molecule has 2 aromatic rings. The van der Waals surface area contributed by atoms with Gasteiger partial charge in [-0.05, 0) is 48.8 Å². The van der Waals surface area contributed by atoms with Gasteiger partial charge in [0.05, 0.1) is 5.56 Å². The number of halogens is 1. The summed E-state index contributed by atoms with van der Waals surface area (Å²) in [5.74, 6) is -0.297. The Hall–Kier alpha value is -1.78. The number of carbonyl (C=O) groups excluding carboxylic acids is 1. The van der Waals surface area contributed by atoms with Crippen LogP contribution in [0.4, 0.5) is 5.69 Å². The van der Waals surface area contributed by atoms with Crippen LogP contribution < -0.4 is 5.73 Å². The predicted octanol–water partition coefficient (Wildman–Crippen LogP) is 4.90. The number of benzene rings is 2. The van der Waals surface area contributed by atoms with Crippen molar-refractivity contribution in [2.24, 2.45) is 0 Å². The predicted molar refractivity (Wildman–Crippen MR) is 112 cm³/mol. The summed E-state index contributed by atoms with van der Waals surface area (Å²) in [6, 6.07) is 11.3. The number of nitrogens with zero attached hydrogens (tertiary/aromatic N) is 1. The lowest BCUT2D eigenvalue weighted by Gasteiger charge is -2.21. The highest BCUT2D eigenvalue weighted by Crippen LogP contribution is 2.23. The molecular weight excluding hydrogens is 348 g/mol. The summed E-state index contributed by atoms with van der Waals surface area (Å²) in [5.41, 5.74) is 7.06. The van der Waals surface area contributed by atoms with Gasteiger partial charge in [-0.3, -0.25) is 4.90 Å². The number of esters is 1. The molecule has 0 radical (unpaired) electrons. The van der Waals surface area contributed by atoms with Gasteiger partial charge in [0.15, 0.2) is 0 Å². The van der Waals surface area contributed by atoms with Crippen LogP contribution >= 0.6 is 12.4 Å². The molecule has 0 saturated heterocycles. The van der Waals surface area contributed by atoms with Crippen LogP contribution in [0.15, 0.2) is 36.4 Å². The standard InChI is InChI=1S/C21H30N2O2.ClH/c1-3-5-11-23(12-6-4-2)13-14-25-21(24)20-16-18(22)15-17-9-7-8-10-19(17)20;/h7-10,15-16H,3-6,11-14,22H2,1-2H3;1H. The van der Waals surface area contributed by atoms with E-state index in [0.29, 0.717) is 17.9 Å². The number of anilines is 1. The number of fused-ring (bicyclic) bond motifs is 1. The Labute approximate surface area is 163 Å². The molecule has 5 heteroatoms. The lowest BCUT2D eigenvalue weighted by Crippen LogP contribution is -2.30. The van der Waals surface area contributed by atoms with Gasteiger partial charge in [0.2, 0.25) is 0 Å². The minimum absolute atomic E-state index is 0. The van der Waals surface area contributed by atoms with Crippen LogP contribution in [0.1, 0.15) is 49.9 Å². The largest absolute Gasteiger partial charge is 0.461 e. The smallest absolute Gasteiger partial charge is 0.338 e. The van der Waals surface area contributed by atoms with Crippen molar-refractivity contribution in [2.75, 3.05) is 32.0 Å². The Balaban J connectivity index is 0.00000338. The first-order chi connectivity index (χ1) is 12.2. The molecule has 0 heterocycles. The highest BCUT2D eigenvalue weighted by atomic mass is 35.5. The van der Waals surface area contributed by atoms with Crippen molar-refractivity contribution in [3.8, 4) is 0 Å². The highest BCUT2D eigenvalue weighted by Gasteiger charge is 2.13. The number of carbonyl (C=O) groups is 1. The third kappa shape index (κ3) is 6.50. The maximum absolute atomic E-state index is 12.5. The van der Waals surface area contributed by atoms with Crippen molar-refractivity contribution < 1.29 is 9.53 Å². The maximum Gasteiger partial charge on any atom is 0.338 e. The van der Waals surface area contributed by atoms with E-state index in [1.54, 1.807) is 6.07 Å². The summed E-state index contributed by atoms with van der Waals surface area (Å²) in [7, 11) is 0. The zero-order chi connectivity index (χ0) is 18.1. The van der Waals surface area contributed by atoms with Gasteiger partial charge in [0.25, 0.3) is 0 Å². The van der Waals surface area contributed by atoms with E-state index >= 15 is 0 Å². The summed E-state index contributed by atoms with van der Waals surface area (Å²) in [6.07, 6.45) is 4.71. The van der Waals surface area contributed by atoms with Crippen molar-refractivity contribution >= 4 is 34.8 Å². The first-order valence-corrected chi connectivity index (χ1v) is 9.33. The number of unbranched alkanes of at least 4 members (excludes halogenated alkanes) is 2. The number of nitrogens with two attached hydrogens (primary N) is 1. The van der Waals surface area contributed by atoms with Gasteiger partial charge in [0.1, 0.15) is 6.61 Å². The molecule has 0 aliphatic rings. The van der Waals surface area contributed by atoms with Gasteiger partial charge in [-0.15, -0.1) is 12.4 Å². The molecule has 0 aliphatic carbocycles. The molecule has 2 N–H and O–H groups in total. The van der Waals surface area contributed by atoms with Crippen LogP contribution in [-0.4, -0.2) is 37.1 Å². The SMILES string of the molecule is CCCCN(CCCC)CCOC(=O)c1cc(N)cc2ccccc12.Cl. The Morgan fingerprint density at radius 3 is 2.35 bits per heavy atom. The monoisotopic (exact) mass is 378 g/mol. The van der Waals surface area contributed by atoms with Crippen LogP contribution in [0.25, 0.3) is 10.8 Å². The van der Waals surface area contributed by atoms with E-state index in [-0.39, 0.29) is 18.4 Å². The van der Waals surface area contributed by atoms with Gasteiger partial charge in [0, 0.05) is 12.2 Å². The molecule has 144 valence electrons. The van der Waals surface area contributed by atoms with Crippen LogP contribution in [0, 0.1) is 0 Å². The molecular formula is C21H31ClN2O2. The summed E-state index contributed by atoms with van der Waals surface area (Å²) in [5, 5.41) is 1.84.